The van der Waals surface area contributed by atoms with Gasteiger partial charge in [0.25, 0.3) is 20.2 Å². The van der Waals surface area contributed by atoms with Crippen LogP contribution in [0.2, 0.25) is 0 Å². The van der Waals surface area contributed by atoms with E-state index in [4.69, 9.17) is 11.5 Å². The van der Waals surface area contributed by atoms with Crippen molar-refractivity contribution in [3.8, 4) is 22.6 Å². The number of aromatic hydroxyl groups is 2. The minimum Gasteiger partial charge on any atom is -0.505 e. The number of fused-ring (bicyclic) bond motifs is 2. The molecule has 6 rings (SSSR count). The SMILES string of the molecule is Cc1cc(N=Nc2c(S(=O)(=O)O)cc3cc(N)ccc3c2O)ccc1-c1ccc(N=Nc2c(S(=O)(=O)O)cc3ccc(N)cc3c2O)cc1C. The molecule has 0 fully saturated rings. The number of phenols is 2. The van der Waals surface area contributed by atoms with Gasteiger partial charge in [0.05, 0.1) is 11.4 Å². The molecule has 0 spiro atoms. The van der Waals surface area contributed by atoms with Gasteiger partial charge in [-0.2, -0.15) is 27.1 Å². The summed E-state index contributed by atoms with van der Waals surface area (Å²) in [5.74, 6) is -1.00. The van der Waals surface area contributed by atoms with E-state index in [1.165, 1.54) is 42.5 Å². The molecular weight excluding hydrogens is 685 g/mol. The highest BCUT2D eigenvalue weighted by Gasteiger charge is 2.23. The van der Waals surface area contributed by atoms with Crippen molar-refractivity contribution >= 4 is 75.9 Å². The van der Waals surface area contributed by atoms with Gasteiger partial charge in [-0.1, -0.05) is 18.2 Å². The molecule has 0 aromatic heterocycles. The number of azo groups is 2. The Morgan fingerprint density at radius 3 is 1.48 bits per heavy atom. The van der Waals surface area contributed by atoms with Crippen molar-refractivity contribution in [2.45, 2.75) is 23.6 Å². The fraction of sp³-hybridized carbons (Fsp3) is 0.0588. The molecule has 254 valence electrons. The Kier molecular flexibility index (Phi) is 8.49. The van der Waals surface area contributed by atoms with Crippen molar-refractivity contribution < 1.29 is 36.2 Å². The van der Waals surface area contributed by atoms with Crippen LogP contribution in [0.25, 0.3) is 32.7 Å². The average molecular weight is 713 g/mol. The smallest absolute Gasteiger partial charge is 0.296 e. The molecule has 0 unspecified atom stereocenters. The van der Waals surface area contributed by atoms with Crippen LogP contribution in [0.3, 0.4) is 0 Å². The minimum absolute atomic E-state index is 0.231. The first-order valence-corrected chi connectivity index (χ1v) is 17.5. The molecule has 50 heavy (non-hydrogen) atoms. The molecular formula is C34H28N6O8S2. The van der Waals surface area contributed by atoms with Crippen LogP contribution in [-0.4, -0.2) is 36.2 Å². The summed E-state index contributed by atoms with van der Waals surface area (Å²) in [4.78, 5) is -1.25. The first kappa shape index (κ1) is 33.9. The van der Waals surface area contributed by atoms with Crippen LogP contribution < -0.4 is 11.5 Å². The summed E-state index contributed by atoms with van der Waals surface area (Å²) >= 11 is 0. The molecule has 0 bridgehead atoms. The van der Waals surface area contributed by atoms with Gasteiger partial charge in [-0.15, -0.1) is 10.2 Å². The van der Waals surface area contributed by atoms with Crippen molar-refractivity contribution in [3.63, 3.8) is 0 Å². The van der Waals surface area contributed by atoms with Crippen molar-refractivity contribution in [2.24, 2.45) is 20.5 Å². The largest absolute Gasteiger partial charge is 0.505 e. The van der Waals surface area contributed by atoms with Crippen molar-refractivity contribution in [3.05, 3.63) is 96.1 Å². The molecule has 0 saturated carbocycles. The van der Waals surface area contributed by atoms with Crippen LogP contribution in [0.15, 0.2) is 115 Å². The van der Waals surface area contributed by atoms with Gasteiger partial charge in [-0.05, 0) is 114 Å². The van der Waals surface area contributed by atoms with E-state index in [9.17, 15) is 36.2 Å². The molecule has 14 nitrogen and oxygen atoms in total. The Hall–Kier alpha value is -5.94. The number of benzene rings is 6. The van der Waals surface area contributed by atoms with E-state index < -0.39 is 52.9 Å². The normalized spacial score (nSPS) is 12.5. The second-order valence-electron chi connectivity index (χ2n) is 11.5. The van der Waals surface area contributed by atoms with E-state index in [0.29, 0.717) is 28.1 Å². The fourth-order valence-corrected chi connectivity index (χ4v) is 6.87. The number of phenolic OH excluding ortho intramolecular Hbond substituents is 2. The number of hydrogen-bond acceptors (Lipinski definition) is 12. The highest BCUT2D eigenvalue weighted by molar-refractivity contribution is 7.86. The lowest BCUT2D eigenvalue weighted by molar-refractivity contribution is 0.472. The number of aryl methyl sites for hydroxylation is 2. The highest BCUT2D eigenvalue weighted by Crippen LogP contribution is 2.44. The van der Waals surface area contributed by atoms with Crippen LogP contribution >= 0.6 is 0 Å². The predicted octanol–water partition coefficient (Wildman–Crippen LogP) is 8.18. The lowest BCUT2D eigenvalue weighted by Gasteiger charge is -2.11. The lowest BCUT2D eigenvalue weighted by atomic mass is 9.96. The maximum atomic E-state index is 12.1. The standard InChI is InChI=1S/C34H28N6O8S2/c1-17-11-23(37-39-31-30(50(46,47)48)15-20-13-21(35)5-8-27(20)33(31)41)6-9-25(17)26-10-7-24(12-18(26)2)38-40-32-29(49(43,44)45)14-19-3-4-22(36)16-28(19)34(32)42/h3-16,41-42H,35-36H2,1-2H3,(H,43,44,45)(H,46,47,48). The molecule has 8 N–H and O–H groups in total. The predicted molar refractivity (Wildman–Crippen MR) is 189 cm³/mol. The third-order valence-electron chi connectivity index (χ3n) is 7.95. The maximum Gasteiger partial charge on any atom is 0.296 e. The quantitative estimate of drug-likeness (QED) is 0.0526. The molecule has 0 saturated heterocycles. The summed E-state index contributed by atoms with van der Waals surface area (Å²) in [5, 5.41) is 39.0. The number of nitrogen functional groups attached to an aromatic ring is 2. The first-order valence-electron chi connectivity index (χ1n) is 14.6. The van der Waals surface area contributed by atoms with E-state index in [2.05, 4.69) is 20.5 Å². The van der Waals surface area contributed by atoms with Gasteiger partial charge in [-0.25, -0.2) is 0 Å². The zero-order valence-electron chi connectivity index (χ0n) is 26.3. The zero-order chi connectivity index (χ0) is 36.1. The van der Waals surface area contributed by atoms with Gasteiger partial charge in [0, 0.05) is 22.1 Å². The van der Waals surface area contributed by atoms with Crippen LogP contribution in [-0.2, 0) is 20.2 Å². The van der Waals surface area contributed by atoms with Gasteiger partial charge >= 0.3 is 0 Å². The first-order chi connectivity index (χ1) is 23.5. The van der Waals surface area contributed by atoms with E-state index >= 15 is 0 Å². The topological polar surface area (TPSA) is 251 Å². The molecule has 0 amide bonds. The summed E-state index contributed by atoms with van der Waals surface area (Å²) in [6, 6.07) is 21.5. The number of nitrogens with two attached hydrogens (primary N) is 2. The van der Waals surface area contributed by atoms with Crippen LogP contribution in [0.1, 0.15) is 11.1 Å². The lowest BCUT2D eigenvalue weighted by Crippen LogP contribution is -1.99. The maximum absolute atomic E-state index is 12.1. The Balaban J connectivity index is 1.31. The van der Waals surface area contributed by atoms with Crippen LogP contribution in [0, 0.1) is 13.8 Å². The van der Waals surface area contributed by atoms with Crippen molar-refractivity contribution in [1.82, 2.24) is 0 Å². The molecule has 6 aromatic rings. The minimum atomic E-state index is -4.79. The third kappa shape index (κ3) is 6.55. The fourth-order valence-electron chi connectivity index (χ4n) is 5.56. The summed E-state index contributed by atoms with van der Waals surface area (Å²) in [5.41, 5.74) is 15.2. The summed E-state index contributed by atoms with van der Waals surface area (Å²) in [6.45, 7) is 3.66. The number of nitrogens with zero attached hydrogens (tertiary/aromatic N) is 4. The number of hydrogen-bond donors (Lipinski definition) is 6. The van der Waals surface area contributed by atoms with E-state index in [1.54, 1.807) is 36.4 Å². The molecule has 0 aliphatic heterocycles. The molecule has 6 aromatic carbocycles. The van der Waals surface area contributed by atoms with Crippen molar-refractivity contribution in [2.75, 3.05) is 11.5 Å². The monoisotopic (exact) mass is 712 g/mol. The third-order valence-corrected chi connectivity index (χ3v) is 9.68. The molecule has 0 heterocycles. The molecule has 0 radical (unpaired) electrons. The molecule has 16 heteroatoms. The second kappa shape index (κ2) is 12.5. The Morgan fingerprint density at radius 2 is 0.980 bits per heavy atom. The van der Waals surface area contributed by atoms with Gasteiger partial charge in [0.2, 0.25) is 0 Å². The van der Waals surface area contributed by atoms with Crippen molar-refractivity contribution in [1.29, 1.82) is 0 Å². The zero-order valence-corrected chi connectivity index (χ0v) is 27.9. The van der Waals surface area contributed by atoms with Gasteiger partial charge < -0.3 is 21.7 Å². The molecule has 0 atom stereocenters. The molecule has 0 aliphatic rings. The average Bonchev–Trinajstić information content (AvgIpc) is 3.03. The van der Waals surface area contributed by atoms with Gasteiger partial charge in [-0.3, -0.25) is 9.11 Å². The van der Waals surface area contributed by atoms with E-state index in [-0.39, 0.29) is 16.2 Å². The summed E-state index contributed by atoms with van der Waals surface area (Å²) < 4.78 is 68.2. The second-order valence-corrected chi connectivity index (χ2v) is 14.2. The number of rotatable bonds is 7. The van der Waals surface area contributed by atoms with Crippen LogP contribution in [0.4, 0.5) is 34.1 Å². The highest BCUT2D eigenvalue weighted by atomic mass is 32.2. The molecule has 0 aliphatic carbocycles. The summed E-state index contributed by atoms with van der Waals surface area (Å²) in [6.07, 6.45) is 0. The Morgan fingerprint density at radius 1 is 0.520 bits per heavy atom. The summed E-state index contributed by atoms with van der Waals surface area (Å²) in [7, 11) is -9.57. The van der Waals surface area contributed by atoms with Gasteiger partial charge in [0.15, 0.2) is 11.5 Å². The Labute approximate surface area is 285 Å². The van der Waals surface area contributed by atoms with Gasteiger partial charge in [0.1, 0.15) is 21.2 Å². The number of anilines is 2. The van der Waals surface area contributed by atoms with Crippen LogP contribution in [0.5, 0.6) is 11.5 Å². The van der Waals surface area contributed by atoms with E-state index in [0.717, 1.165) is 28.3 Å². The Bertz CT molecular complexity index is 2680. The van der Waals surface area contributed by atoms with E-state index in [1.807, 2.05) is 13.8 Å².